The van der Waals surface area contributed by atoms with Gasteiger partial charge in [0.2, 0.25) is 0 Å². The number of carboxylic acids is 2. The first kappa shape index (κ1) is 25.3. The number of aliphatic carboxylic acids is 2. The number of halogens is 1. The number of carbonyl (C=O) groups is 4. The van der Waals surface area contributed by atoms with Crippen LogP contribution in [0.1, 0.15) is 41.8 Å². The molecule has 1 aromatic carbocycles. The monoisotopic (exact) mass is 489 g/mol. The number of hydrogen-bond acceptors (Lipinski definition) is 7. The topological polar surface area (TPSA) is 121 Å². The summed E-state index contributed by atoms with van der Waals surface area (Å²) in [6.45, 7) is 2.63. The molecule has 0 amide bonds. The summed E-state index contributed by atoms with van der Waals surface area (Å²) in [5, 5.41) is 16.2. The molecular formula is C24H24FNO7S. The Hall–Kier alpha value is -3.37. The van der Waals surface area contributed by atoms with Crippen molar-refractivity contribution in [1.29, 1.82) is 0 Å². The van der Waals surface area contributed by atoms with Crippen LogP contribution in [-0.4, -0.2) is 45.3 Å². The van der Waals surface area contributed by atoms with Crippen molar-refractivity contribution in [3.05, 3.63) is 64.3 Å². The number of carboxylic acid groups (broad SMARTS) is 2. The molecule has 0 radical (unpaired) electrons. The first-order valence-corrected chi connectivity index (χ1v) is 11.4. The Kier molecular flexibility index (Phi) is 8.30. The van der Waals surface area contributed by atoms with Gasteiger partial charge in [-0.2, -0.15) is 0 Å². The number of esters is 1. The minimum Gasteiger partial charge on any atom is -0.478 e. The second-order valence-corrected chi connectivity index (χ2v) is 9.04. The third kappa shape index (κ3) is 6.82. The van der Waals surface area contributed by atoms with E-state index >= 15 is 0 Å². The lowest BCUT2D eigenvalue weighted by molar-refractivity contribution is -0.134. The molecule has 1 aliphatic heterocycles. The first-order valence-electron chi connectivity index (χ1n) is 10.6. The lowest BCUT2D eigenvalue weighted by Crippen LogP contribution is -2.38. The molecule has 1 aromatic heterocycles. The molecule has 2 aliphatic rings. The zero-order valence-electron chi connectivity index (χ0n) is 18.4. The van der Waals surface area contributed by atoms with E-state index in [2.05, 4.69) is 4.90 Å². The van der Waals surface area contributed by atoms with Crippen molar-refractivity contribution >= 4 is 35.0 Å². The highest BCUT2D eigenvalue weighted by Crippen LogP contribution is 2.41. The van der Waals surface area contributed by atoms with Crippen molar-refractivity contribution in [3.63, 3.8) is 0 Å². The van der Waals surface area contributed by atoms with Gasteiger partial charge in [-0.25, -0.2) is 14.0 Å². The molecular weight excluding hydrogens is 465 g/mol. The molecule has 34 heavy (non-hydrogen) atoms. The lowest BCUT2D eigenvalue weighted by Gasteiger charge is -2.34. The summed E-state index contributed by atoms with van der Waals surface area (Å²) in [4.78, 5) is 46.5. The summed E-state index contributed by atoms with van der Waals surface area (Å²) in [5.74, 6) is -3.01. The standard InChI is InChI=1S/C20H20FNO3S.C4H4O4/c1-12(23)25-18-10-14-11-22(9-8-17(14)26-18)19(20(24)13-6-7-13)15-4-2-3-5-16(15)21;5-3(6)1-2-4(7)8/h2-5,10,13,19H,6-9,11H2,1H3;1-2H,(H,5,6)(H,7,8). The van der Waals surface area contributed by atoms with Gasteiger partial charge in [-0.05, 0) is 37.0 Å². The maximum atomic E-state index is 14.4. The van der Waals surface area contributed by atoms with Crippen molar-refractivity contribution in [1.82, 2.24) is 4.90 Å². The molecule has 2 aromatic rings. The largest absolute Gasteiger partial charge is 0.478 e. The van der Waals surface area contributed by atoms with Crippen molar-refractivity contribution in [2.24, 2.45) is 5.92 Å². The highest BCUT2D eigenvalue weighted by Gasteiger charge is 2.40. The van der Waals surface area contributed by atoms with E-state index in [0.717, 1.165) is 24.8 Å². The Bertz CT molecular complexity index is 1110. The Balaban J connectivity index is 0.000000350. The van der Waals surface area contributed by atoms with Crippen molar-refractivity contribution in [2.75, 3.05) is 6.54 Å². The number of ether oxygens (including phenoxy) is 1. The smallest absolute Gasteiger partial charge is 0.328 e. The summed E-state index contributed by atoms with van der Waals surface area (Å²) < 4.78 is 19.6. The number of carbonyl (C=O) groups excluding carboxylic acids is 2. The van der Waals surface area contributed by atoms with E-state index in [1.165, 1.54) is 29.2 Å². The molecule has 1 fully saturated rings. The molecule has 2 N–H and O–H groups in total. The van der Waals surface area contributed by atoms with Gasteiger partial charge in [-0.3, -0.25) is 14.5 Å². The van der Waals surface area contributed by atoms with E-state index in [4.69, 9.17) is 14.9 Å². The summed E-state index contributed by atoms with van der Waals surface area (Å²) in [7, 11) is 0. The Morgan fingerprint density at radius 2 is 1.79 bits per heavy atom. The van der Waals surface area contributed by atoms with Crippen LogP contribution in [-0.2, 0) is 32.1 Å². The normalized spacial score (nSPS) is 16.2. The molecule has 1 atom stereocenters. The summed E-state index contributed by atoms with van der Waals surface area (Å²) in [6, 6.07) is 7.89. The number of hydrogen-bond donors (Lipinski definition) is 2. The number of nitrogens with zero attached hydrogens (tertiary/aromatic N) is 1. The number of thiophene rings is 1. The van der Waals surface area contributed by atoms with E-state index in [0.29, 0.717) is 35.9 Å². The van der Waals surface area contributed by atoms with Crippen LogP contribution in [0.25, 0.3) is 0 Å². The molecule has 8 nitrogen and oxygen atoms in total. The molecule has 0 spiro atoms. The summed E-state index contributed by atoms with van der Waals surface area (Å²) in [6.07, 6.45) is 3.69. The minimum atomic E-state index is -1.26. The number of rotatable bonds is 7. The predicted molar refractivity (Wildman–Crippen MR) is 121 cm³/mol. The van der Waals surface area contributed by atoms with Crippen LogP contribution in [0.3, 0.4) is 0 Å². The second kappa shape index (κ2) is 11.2. The van der Waals surface area contributed by atoms with Gasteiger partial charge in [0.1, 0.15) is 5.82 Å². The third-order valence-electron chi connectivity index (χ3n) is 5.30. The zero-order chi connectivity index (χ0) is 24.8. The van der Waals surface area contributed by atoms with Gasteiger partial charge in [0, 0.05) is 48.5 Å². The first-order chi connectivity index (χ1) is 16.2. The van der Waals surface area contributed by atoms with Crippen LogP contribution in [0.5, 0.6) is 5.06 Å². The Morgan fingerprint density at radius 3 is 2.35 bits per heavy atom. The molecule has 1 unspecified atom stereocenters. The predicted octanol–water partition coefficient (Wildman–Crippen LogP) is 3.60. The Labute approximate surface area is 199 Å². The zero-order valence-corrected chi connectivity index (χ0v) is 19.2. The van der Waals surface area contributed by atoms with Crippen molar-refractivity contribution in [3.8, 4) is 5.06 Å². The van der Waals surface area contributed by atoms with E-state index < -0.39 is 18.0 Å². The number of benzene rings is 1. The van der Waals surface area contributed by atoms with Crippen LogP contribution in [0, 0.1) is 11.7 Å². The van der Waals surface area contributed by atoms with E-state index in [1.54, 1.807) is 18.2 Å². The molecule has 2 heterocycles. The van der Waals surface area contributed by atoms with Gasteiger partial charge >= 0.3 is 17.9 Å². The van der Waals surface area contributed by atoms with E-state index in [-0.39, 0.29) is 23.5 Å². The number of ketones is 1. The average molecular weight is 490 g/mol. The highest BCUT2D eigenvalue weighted by atomic mass is 32.1. The molecule has 0 saturated heterocycles. The fourth-order valence-corrected chi connectivity index (χ4v) is 4.75. The Morgan fingerprint density at radius 1 is 1.15 bits per heavy atom. The van der Waals surface area contributed by atoms with Crippen LogP contribution in [0.4, 0.5) is 4.39 Å². The fraction of sp³-hybridized carbons (Fsp3) is 0.333. The highest BCUT2D eigenvalue weighted by molar-refractivity contribution is 7.14. The van der Waals surface area contributed by atoms with Crippen LogP contribution < -0.4 is 4.74 Å². The van der Waals surface area contributed by atoms with Gasteiger partial charge in [0.15, 0.2) is 10.8 Å². The van der Waals surface area contributed by atoms with E-state index in [9.17, 15) is 23.6 Å². The molecule has 180 valence electrons. The van der Waals surface area contributed by atoms with E-state index in [1.807, 2.05) is 6.07 Å². The molecule has 4 rings (SSSR count). The summed E-state index contributed by atoms with van der Waals surface area (Å²) >= 11 is 1.47. The molecule has 0 bridgehead atoms. The molecule has 1 aliphatic carbocycles. The van der Waals surface area contributed by atoms with Gasteiger partial charge < -0.3 is 14.9 Å². The third-order valence-corrected chi connectivity index (χ3v) is 6.42. The molecule has 10 heteroatoms. The maximum absolute atomic E-state index is 14.4. The number of Topliss-reactive ketones (excluding diaryl/α,β-unsaturated/α-hetero) is 1. The van der Waals surface area contributed by atoms with Gasteiger partial charge in [-0.1, -0.05) is 18.2 Å². The van der Waals surface area contributed by atoms with Crippen LogP contribution >= 0.6 is 11.3 Å². The van der Waals surface area contributed by atoms with Crippen LogP contribution in [0.15, 0.2) is 42.5 Å². The maximum Gasteiger partial charge on any atom is 0.328 e. The molecule has 1 saturated carbocycles. The lowest BCUT2D eigenvalue weighted by atomic mass is 9.95. The minimum absolute atomic E-state index is 0.0556. The second-order valence-electron chi connectivity index (χ2n) is 7.94. The van der Waals surface area contributed by atoms with Crippen molar-refractivity contribution in [2.45, 2.75) is 38.8 Å². The van der Waals surface area contributed by atoms with Crippen molar-refractivity contribution < 1.29 is 38.5 Å². The summed E-state index contributed by atoms with van der Waals surface area (Å²) in [5.41, 5.74) is 1.52. The number of fused-ring (bicyclic) bond motifs is 1. The van der Waals surface area contributed by atoms with Crippen LogP contribution in [0.2, 0.25) is 0 Å². The SMILES string of the molecule is CC(=O)Oc1cc2c(s1)CCN(C(C(=O)C1CC1)c1ccccc1F)C2.O=C(O)C=CC(=O)O. The average Bonchev–Trinajstić information content (AvgIpc) is 3.54. The quantitative estimate of drug-likeness (QED) is 0.447. The van der Waals surface area contributed by atoms with Gasteiger partial charge in [-0.15, -0.1) is 11.3 Å². The van der Waals surface area contributed by atoms with Gasteiger partial charge in [0.05, 0.1) is 6.04 Å². The fourth-order valence-electron chi connectivity index (χ4n) is 3.70. The van der Waals surface area contributed by atoms with Gasteiger partial charge in [0.25, 0.3) is 0 Å².